The molecule has 4 nitrogen and oxygen atoms in total. The summed E-state index contributed by atoms with van der Waals surface area (Å²) >= 11 is 1.91. The van der Waals surface area contributed by atoms with Crippen molar-refractivity contribution in [3.63, 3.8) is 0 Å². The minimum atomic E-state index is 0. The zero-order valence-corrected chi connectivity index (χ0v) is 13.5. The van der Waals surface area contributed by atoms with Gasteiger partial charge in [-0.1, -0.05) is 0 Å². The third-order valence-corrected chi connectivity index (χ3v) is 4.75. The number of rotatable bonds is 3. The van der Waals surface area contributed by atoms with Crippen LogP contribution in [0.5, 0.6) is 5.75 Å². The normalized spacial score (nSPS) is 20.7. The van der Waals surface area contributed by atoms with Crippen LogP contribution in [-0.4, -0.2) is 36.6 Å². The van der Waals surface area contributed by atoms with Crippen LogP contribution in [0.2, 0.25) is 0 Å². The molecular formula is C15H21ClN2O2S. The van der Waals surface area contributed by atoms with Crippen molar-refractivity contribution in [2.75, 3.05) is 30.0 Å². The molecular weight excluding hydrogens is 308 g/mol. The van der Waals surface area contributed by atoms with Crippen LogP contribution in [0.4, 0.5) is 5.69 Å². The van der Waals surface area contributed by atoms with E-state index in [9.17, 15) is 4.79 Å². The molecule has 1 aromatic carbocycles. The van der Waals surface area contributed by atoms with Gasteiger partial charge in [0.1, 0.15) is 5.75 Å². The van der Waals surface area contributed by atoms with Gasteiger partial charge in [0.05, 0.1) is 6.61 Å². The molecule has 0 spiro atoms. The van der Waals surface area contributed by atoms with Crippen molar-refractivity contribution in [2.24, 2.45) is 0 Å². The Morgan fingerprint density at radius 1 is 1.48 bits per heavy atom. The number of fused-ring (bicyclic) bond motifs is 1. The van der Waals surface area contributed by atoms with Gasteiger partial charge in [-0.2, -0.15) is 11.8 Å². The van der Waals surface area contributed by atoms with E-state index in [0.29, 0.717) is 12.5 Å². The Bertz CT molecular complexity index is 493. The number of aryl methyl sites for hydroxylation is 1. The van der Waals surface area contributed by atoms with E-state index in [2.05, 4.69) is 10.6 Å². The van der Waals surface area contributed by atoms with E-state index in [1.54, 1.807) is 0 Å². The Kier molecular flexibility index (Phi) is 6.21. The van der Waals surface area contributed by atoms with Gasteiger partial charge in [0.2, 0.25) is 5.91 Å². The first-order chi connectivity index (χ1) is 9.81. The summed E-state index contributed by atoms with van der Waals surface area (Å²) in [6.45, 7) is 1.79. The zero-order chi connectivity index (χ0) is 13.8. The van der Waals surface area contributed by atoms with Gasteiger partial charge in [-0.3, -0.25) is 4.79 Å². The Morgan fingerprint density at radius 3 is 3.19 bits per heavy atom. The second kappa shape index (κ2) is 7.92. The van der Waals surface area contributed by atoms with Crippen molar-refractivity contribution in [2.45, 2.75) is 25.3 Å². The summed E-state index contributed by atoms with van der Waals surface area (Å²) in [4.78, 5) is 12.1. The van der Waals surface area contributed by atoms with E-state index >= 15 is 0 Å². The molecule has 2 aliphatic heterocycles. The average molecular weight is 329 g/mol. The molecule has 0 aliphatic carbocycles. The SMILES string of the molecule is Cl.O=C(CC1CSCCN1)Nc1ccc2c(c1)CCCO2. The van der Waals surface area contributed by atoms with Crippen molar-refractivity contribution in [1.29, 1.82) is 0 Å². The molecule has 21 heavy (non-hydrogen) atoms. The molecule has 0 radical (unpaired) electrons. The first kappa shape index (κ1) is 16.5. The molecule has 2 heterocycles. The number of benzene rings is 1. The summed E-state index contributed by atoms with van der Waals surface area (Å²) in [5.41, 5.74) is 2.07. The van der Waals surface area contributed by atoms with Gasteiger partial charge in [-0.25, -0.2) is 0 Å². The minimum Gasteiger partial charge on any atom is -0.493 e. The van der Waals surface area contributed by atoms with E-state index in [1.807, 2.05) is 30.0 Å². The van der Waals surface area contributed by atoms with Gasteiger partial charge in [-0.15, -0.1) is 12.4 Å². The number of carbonyl (C=O) groups is 1. The van der Waals surface area contributed by atoms with E-state index in [4.69, 9.17) is 4.74 Å². The minimum absolute atomic E-state index is 0. The lowest BCUT2D eigenvalue weighted by Crippen LogP contribution is -2.39. The van der Waals surface area contributed by atoms with Crippen LogP contribution in [-0.2, 0) is 11.2 Å². The number of anilines is 1. The maximum absolute atomic E-state index is 12.1. The lowest BCUT2D eigenvalue weighted by molar-refractivity contribution is -0.116. The molecule has 0 bridgehead atoms. The molecule has 1 aromatic rings. The van der Waals surface area contributed by atoms with Gasteiger partial charge in [0.25, 0.3) is 0 Å². The number of carbonyl (C=O) groups excluding carboxylic acids is 1. The molecule has 2 N–H and O–H groups in total. The van der Waals surface area contributed by atoms with Crippen molar-refractivity contribution in [3.8, 4) is 5.75 Å². The van der Waals surface area contributed by atoms with Crippen molar-refractivity contribution < 1.29 is 9.53 Å². The summed E-state index contributed by atoms with van der Waals surface area (Å²) in [6.07, 6.45) is 2.62. The Labute approximate surface area is 135 Å². The maximum Gasteiger partial charge on any atom is 0.225 e. The topological polar surface area (TPSA) is 50.4 Å². The predicted molar refractivity (Wildman–Crippen MR) is 89.9 cm³/mol. The third kappa shape index (κ3) is 4.53. The van der Waals surface area contributed by atoms with E-state index < -0.39 is 0 Å². The highest BCUT2D eigenvalue weighted by Gasteiger charge is 2.17. The number of ether oxygens (including phenoxy) is 1. The number of halogens is 1. The Balaban J connectivity index is 0.00000161. The molecule has 0 aromatic heterocycles. The molecule has 2 aliphatic rings. The second-order valence-corrected chi connectivity index (χ2v) is 6.40. The van der Waals surface area contributed by atoms with Gasteiger partial charge in [0, 0.05) is 36.2 Å². The molecule has 1 fully saturated rings. The van der Waals surface area contributed by atoms with Crippen LogP contribution in [0.25, 0.3) is 0 Å². The fraction of sp³-hybridized carbons (Fsp3) is 0.533. The van der Waals surface area contributed by atoms with Gasteiger partial charge in [-0.05, 0) is 36.6 Å². The van der Waals surface area contributed by atoms with Crippen LogP contribution < -0.4 is 15.4 Å². The Morgan fingerprint density at radius 2 is 2.38 bits per heavy atom. The number of nitrogens with one attached hydrogen (secondary N) is 2. The molecule has 1 unspecified atom stereocenters. The van der Waals surface area contributed by atoms with Crippen molar-refractivity contribution in [3.05, 3.63) is 23.8 Å². The Hall–Kier alpha value is -0.910. The van der Waals surface area contributed by atoms with Crippen LogP contribution >= 0.6 is 24.2 Å². The zero-order valence-electron chi connectivity index (χ0n) is 11.9. The molecule has 1 saturated heterocycles. The highest BCUT2D eigenvalue weighted by atomic mass is 35.5. The van der Waals surface area contributed by atoms with Crippen LogP contribution in [0.3, 0.4) is 0 Å². The monoisotopic (exact) mass is 328 g/mol. The quantitative estimate of drug-likeness (QED) is 0.895. The van der Waals surface area contributed by atoms with Gasteiger partial charge < -0.3 is 15.4 Å². The summed E-state index contributed by atoms with van der Waals surface area (Å²) < 4.78 is 5.58. The maximum atomic E-state index is 12.1. The highest BCUT2D eigenvalue weighted by Crippen LogP contribution is 2.27. The number of hydrogen-bond donors (Lipinski definition) is 2. The molecule has 116 valence electrons. The average Bonchev–Trinajstić information content (AvgIpc) is 2.48. The lowest BCUT2D eigenvalue weighted by atomic mass is 10.1. The molecule has 0 saturated carbocycles. The van der Waals surface area contributed by atoms with E-state index in [-0.39, 0.29) is 18.3 Å². The fourth-order valence-electron chi connectivity index (χ4n) is 2.62. The smallest absolute Gasteiger partial charge is 0.225 e. The number of amides is 1. The molecule has 6 heteroatoms. The molecule has 1 atom stereocenters. The summed E-state index contributed by atoms with van der Waals surface area (Å²) in [7, 11) is 0. The molecule has 1 amide bonds. The number of thioether (sulfide) groups is 1. The van der Waals surface area contributed by atoms with Crippen molar-refractivity contribution in [1.82, 2.24) is 5.32 Å². The second-order valence-electron chi connectivity index (χ2n) is 5.25. The van der Waals surface area contributed by atoms with Gasteiger partial charge >= 0.3 is 0 Å². The van der Waals surface area contributed by atoms with Crippen molar-refractivity contribution >= 4 is 35.8 Å². The fourth-order valence-corrected chi connectivity index (χ4v) is 3.57. The standard InChI is InChI=1S/C15H20N2O2S.ClH/c18-15(9-13-10-20-7-5-16-13)17-12-3-4-14-11(8-12)2-1-6-19-14;/h3-4,8,13,16H,1-2,5-7,9-10H2,(H,17,18);1H. The molecule has 3 rings (SSSR count). The largest absolute Gasteiger partial charge is 0.493 e. The summed E-state index contributed by atoms with van der Waals surface area (Å²) in [5.74, 6) is 3.20. The third-order valence-electron chi connectivity index (χ3n) is 3.62. The van der Waals surface area contributed by atoms with E-state index in [0.717, 1.165) is 48.9 Å². The number of hydrogen-bond acceptors (Lipinski definition) is 4. The highest BCUT2D eigenvalue weighted by molar-refractivity contribution is 7.99. The first-order valence-corrected chi connectivity index (χ1v) is 8.33. The lowest BCUT2D eigenvalue weighted by Gasteiger charge is -2.22. The van der Waals surface area contributed by atoms with Crippen LogP contribution in [0.1, 0.15) is 18.4 Å². The van der Waals surface area contributed by atoms with E-state index in [1.165, 1.54) is 5.56 Å². The summed E-state index contributed by atoms with van der Waals surface area (Å²) in [6, 6.07) is 6.22. The summed E-state index contributed by atoms with van der Waals surface area (Å²) in [5, 5.41) is 6.38. The van der Waals surface area contributed by atoms with Gasteiger partial charge in [0.15, 0.2) is 0 Å². The van der Waals surface area contributed by atoms with Crippen LogP contribution in [0.15, 0.2) is 18.2 Å². The first-order valence-electron chi connectivity index (χ1n) is 7.18. The van der Waals surface area contributed by atoms with Crippen LogP contribution in [0, 0.1) is 0 Å². The predicted octanol–water partition coefficient (Wildman–Crippen LogP) is 2.47.